The zero-order chi connectivity index (χ0) is 7.14. The number of rotatable bonds is 0. The van der Waals surface area contributed by atoms with E-state index < -0.39 is 0 Å². The molecule has 58 valence electrons. The van der Waals surface area contributed by atoms with Crippen LogP contribution in [0.1, 0.15) is 0 Å². The van der Waals surface area contributed by atoms with Gasteiger partial charge in [0.05, 0.1) is 0 Å². The van der Waals surface area contributed by atoms with E-state index in [1.807, 2.05) is 0 Å². The molecule has 0 radical (unpaired) electrons. The SMILES string of the molecule is CN1C[C@@H]2CN(I)C[C@@H]2C1. The van der Waals surface area contributed by atoms with E-state index in [1.54, 1.807) is 0 Å². The van der Waals surface area contributed by atoms with Crippen molar-refractivity contribution in [3.63, 3.8) is 0 Å². The first-order valence-corrected chi connectivity index (χ1v) is 4.81. The topological polar surface area (TPSA) is 6.48 Å². The van der Waals surface area contributed by atoms with Crippen molar-refractivity contribution in [2.75, 3.05) is 33.2 Å². The Morgan fingerprint density at radius 1 is 1.10 bits per heavy atom. The number of halogens is 1. The third kappa shape index (κ3) is 1.19. The van der Waals surface area contributed by atoms with Crippen molar-refractivity contribution in [1.29, 1.82) is 0 Å². The molecule has 2 atom stereocenters. The number of fused-ring (bicyclic) bond motifs is 1. The molecule has 0 aliphatic carbocycles. The molecule has 0 unspecified atom stereocenters. The van der Waals surface area contributed by atoms with Crippen molar-refractivity contribution in [2.45, 2.75) is 0 Å². The summed E-state index contributed by atoms with van der Waals surface area (Å²) in [6.07, 6.45) is 0. The molecule has 2 saturated heterocycles. The van der Waals surface area contributed by atoms with Crippen molar-refractivity contribution in [2.24, 2.45) is 11.8 Å². The standard InChI is InChI=1S/C7H13IN2/c1-9-2-6-4-10(8)5-7(6)3-9/h6-7H,2-5H2,1H3/t6-,7+. The van der Waals surface area contributed by atoms with E-state index in [-0.39, 0.29) is 0 Å². The summed E-state index contributed by atoms with van der Waals surface area (Å²) in [6, 6.07) is 0. The van der Waals surface area contributed by atoms with Crippen LogP contribution in [0.5, 0.6) is 0 Å². The van der Waals surface area contributed by atoms with Crippen LogP contribution in [-0.2, 0) is 0 Å². The largest absolute Gasteiger partial charge is 0.306 e. The Balaban J connectivity index is 2.00. The van der Waals surface area contributed by atoms with Crippen LogP contribution < -0.4 is 0 Å². The molecule has 2 aliphatic heterocycles. The predicted molar refractivity (Wildman–Crippen MR) is 50.1 cm³/mol. The van der Waals surface area contributed by atoms with Crippen LogP contribution in [0.25, 0.3) is 0 Å². The van der Waals surface area contributed by atoms with Crippen LogP contribution in [0.15, 0.2) is 0 Å². The highest BCUT2D eigenvalue weighted by Gasteiger charge is 2.37. The molecule has 0 aromatic carbocycles. The van der Waals surface area contributed by atoms with Crippen LogP contribution in [0, 0.1) is 11.8 Å². The van der Waals surface area contributed by atoms with E-state index in [2.05, 4.69) is 37.9 Å². The van der Waals surface area contributed by atoms with Crippen molar-refractivity contribution in [3.05, 3.63) is 0 Å². The van der Waals surface area contributed by atoms with Gasteiger partial charge in [-0.1, -0.05) is 0 Å². The Kier molecular flexibility index (Phi) is 1.90. The molecule has 0 bridgehead atoms. The van der Waals surface area contributed by atoms with Gasteiger partial charge < -0.3 is 4.90 Å². The van der Waals surface area contributed by atoms with Crippen molar-refractivity contribution < 1.29 is 0 Å². The summed E-state index contributed by atoms with van der Waals surface area (Å²) >= 11 is 2.44. The Labute approximate surface area is 76.1 Å². The van der Waals surface area contributed by atoms with Gasteiger partial charge in [-0.25, -0.2) is 3.11 Å². The fourth-order valence-corrected chi connectivity index (χ4v) is 3.18. The van der Waals surface area contributed by atoms with Gasteiger partial charge in [-0.05, 0) is 18.9 Å². The van der Waals surface area contributed by atoms with Crippen LogP contribution >= 0.6 is 22.9 Å². The first-order valence-electron chi connectivity index (χ1n) is 3.85. The first-order chi connectivity index (χ1) is 4.75. The molecular weight excluding hydrogens is 239 g/mol. The van der Waals surface area contributed by atoms with Gasteiger partial charge in [0.2, 0.25) is 0 Å². The summed E-state index contributed by atoms with van der Waals surface area (Å²) < 4.78 is 2.43. The van der Waals surface area contributed by atoms with Gasteiger partial charge in [-0.3, -0.25) is 0 Å². The summed E-state index contributed by atoms with van der Waals surface area (Å²) in [6.45, 7) is 5.28. The van der Waals surface area contributed by atoms with Gasteiger partial charge in [0.1, 0.15) is 0 Å². The molecule has 2 rings (SSSR count). The van der Waals surface area contributed by atoms with Crippen LogP contribution in [0.4, 0.5) is 0 Å². The lowest BCUT2D eigenvalue weighted by Gasteiger charge is -2.11. The quantitative estimate of drug-likeness (QED) is 0.465. The average molecular weight is 252 g/mol. The molecule has 0 N–H and O–H groups in total. The zero-order valence-electron chi connectivity index (χ0n) is 6.26. The monoisotopic (exact) mass is 252 g/mol. The maximum absolute atomic E-state index is 2.46. The smallest absolute Gasteiger partial charge is 0.0201 e. The van der Waals surface area contributed by atoms with Crippen LogP contribution in [0.2, 0.25) is 0 Å². The van der Waals surface area contributed by atoms with Crippen molar-refractivity contribution >= 4 is 22.9 Å². The third-order valence-corrected chi connectivity index (χ3v) is 3.41. The molecule has 2 heterocycles. The summed E-state index contributed by atoms with van der Waals surface area (Å²) in [4.78, 5) is 2.46. The molecule has 0 saturated carbocycles. The lowest BCUT2D eigenvalue weighted by atomic mass is 10.0. The van der Waals surface area contributed by atoms with Gasteiger partial charge in [-0.15, -0.1) is 0 Å². The minimum atomic E-state index is 0.974. The van der Waals surface area contributed by atoms with Crippen LogP contribution in [0.3, 0.4) is 0 Å². The van der Waals surface area contributed by atoms with Gasteiger partial charge in [0.15, 0.2) is 0 Å². The Hall–Kier alpha value is 0.650. The molecule has 0 aromatic heterocycles. The highest BCUT2D eigenvalue weighted by atomic mass is 127. The summed E-state index contributed by atoms with van der Waals surface area (Å²) in [5.74, 6) is 1.95. The predicted octanol–water partition coefficient (Wildman–Crippen LogP) is 0.830. The minimum absolute atomic E-state index is 0.974. The second-order valence-corrected chi connectivity index (χ2v) is 4.93. The summed E-state index contributed by atoms with van der Waals surface area (Å²) in [5, 5.41) is 0. The van der Waals surface area contributed by atoms with Crippen LogP contribution in [-0.4, -0.2) is 41.2 Å². The number of likely N-dealkylation sites (tertiary alicyclic amines) is 1. The zero-order valence-corrected chi connectivity index (χ0v) is 8.41. The highest BCUT2D eigenvalue weighted by molar-refractivity contribution is 14.1. The van der Waals surface area contributed by atoms with Gasteiger partial charge in [0.25, 0.3) is 0 Å². The Morgan fingerprint density at radius 3 is 2.10 bits per heavy atom. The second-order valence-electron chi connectivity index (χ2n) is 3.57. The molecule has 0 aromatic rings. The van der Waals surface area contributed by atoms with E-state index in [0.29, 0.717) is 0 Å². The summed E-state index contributed by atoms with van der Waals surface area (Å²) in [5.41, 5.74) is 0. The number of hydrogen-bond acceptors (Lipinski definition) is 2. The molecule has 0 spiro atoms. The normalized spacial score (nSPS) is 42.6. The van der Waals surface area contributed by atoms with E-state index >= 15 is 0 Å². The highest BCUT2D eigenvalue weighted by Crippen LogP contribution is 2.31. The molecule has 2 aliphatic rings. The fourth-order valence-electron chi connectivity index (χ4n) is 2.17. The van der Waals surface area contributed by atoms with Gasteiger partial charge in [0, 0.05) is 49.0 Å². The van der Waals surface area contributed by atoms with Crippen molar-refractivity contribution in [1.82, 2.24) is 8.01 Å². The molecular formula is C7H13IN2. The van der Waals surface area contributed by atoms with Gasteiger partial charge in [-0.2, -0.15) is 0 Å². The lowest BCUT2D eigenvalue weighted by Crippen LogP contribution is -2.20. The maximum Gasteiger partial charge on any atom is 0.0201 e. The molecule has 2 nitrogen and oxygen atoms in total. The van der Waals surface area contributed by atoms with E-state index in [1.165, 1.54) is 26.2 Å². The molecule has 10 heavy (non-hydrogen) atoms. The first kappa shape index (κ1) is 7.31. The van der Waals surface area contributed by atoms with E-state index in [9.17, 15) is 0 Å². The molecule has 3 heteroatoms. The average Bonchev–Trinajstić information content (AvgIpc) is 2.21. The Morgan fingerprint density at radius 2 is 1.60 bits per heavy atom. The second kappa shape index (κ2) is 2.60. The lowest BCUT2D eigenvalue weighted by molar-refractivity contribution is 0.366. The Bertz CT molecular complexity index is 112. The minimum Gasteiger partial charge on any atom is -0.306 e. The number of hydrogen-bond donors (Lipinski definition) is 0. The number of nitrogens with zero attached hydrogens (tertiary/aromatic N) is 2. The summed E-state index contributed by atoms with van der Waals surface area (Å²) in [7, 11) is 2.23. The van der Waals surface area contributed by atoms with Gasteiger partial charge >= 0.3 is 0 Å². The van der Waals surface area contributed by atoms with E-state index in [4.69, 9.17) is 0 Å². The third-order valence-electron chi connectivity index (χ3n) is 2.62. The molecule has 0 amide bonds. The maximum atomic E-state index is 2.46. The van der Waals surface area contributed by atoms with E-state index in [0.717, 1.165) is 11.8 Å². The fraction of sp³-hybridized carbons (Fsp3) is 1.00. The molecule has 2 fully saturated rings. The van der Waals surface area contributed by atoms with Crippen molar-refractivity contribution in [3.8, 4) is 0 Å².